The largest absolute Gasteiger partial charge is 0.452 e. The summed E-state index contributed by atoms with van der Waals surface area (Å²) >= 11 is 0. The predicted octanol–water partition coefficient (Wildman–Crippen LogP) is 5.09. The van der Waals surface area contributed by atoms with E-state index in [2.05, 4.69) is 5.32 Å². The Hall–Kier alpha value is -3.02. The Kier molecular flexibility index (Phi) is 11.5. The maximum atomic E-state index is 14.1. The van der Waals surface area contributed by atoms with E-state index >= 15 is 0 Å². The van der Waals surface area contributed by atoms with Gasteiger partial charge in [0, 0.05) is 43.8 Å². The molecule has 45 heavy (non-hydrogen) atoms. The molecule has 3 N–H and O–H groups in total. The lowest BCUT2D eigenvalue weighted by molar-refractivity contribution is -0.142. The summed E-state index contributed by atoms with van der Waals surface area (Å²) in [7, 11) is 3.03. The van der Waals surface area contributed by atoms with Crippen molar-refractivity contribution in [1.82, 2.24) is 4.90 Å². The van der Waals surface area contributed by atoms with Gasteiger partial charge in [-0.2, -0.15) is 0 Å². The Morgan fingerprint density at radius 1 is 1.00 bits per heavy atom. The van der Waals surface area contributed by atoms with Crippen LogP contribution < -0.4 is 11.1 Å². The number of nitrogens with zero attached hydrogens (tertiary/aromatic N) is 1. The molecule has 1 aliphatic heterocycles. The maximum Gasteiger partial charge on any atom is 0.374 e. The summed E-state index contributed by atoms with van der Waals surface area (Å²) in [5.41, 5.74) is 7.00. The normalized spacial score (nSPS) is 25.0. The number of alkyl halides is 1. The highest BCUT2D eigenvalue weighted by molar-refractivity contribution is 6.00. The fourth-order valence-electron chi connectivity index (χ4n) is 7.75. The minimum Gasteiger partial charge on any atom is -0.452 e. The number of anilines is 1. The van der Waals surface area contributed by atoms with E-state index in [4.69, 9.17) is 24.4 Å². The van der Waals surface area contributed by atoms with Gasteiger partial charge in [0.2, 0.25) is 17.6 Å². The van der Waals surface area contributed by atoms with Crippen molar-refractivity contribution in [3.05, 3.63) is 30.0 Å². The molecule has 0 unspecified atom stereocenters. The zero-order valence-corrected chi connectivity index (χ0v) is 26.5. The molecule has 5 rings (SSSR count). The number of methoxy groups -OCH3 is 2. The standard InChI is InChI=1S/C34H48FN3O7/c1-42-19-26(20-43-2)44-34(41)30-17-24-16-25(12-13-29(24)45-30)37-32(39)31-27(21-6-4-3-5-7-21)14-15-38(31)33(40)23-10-8-22(9-11-23)28(36)18-35/h12-13,16-17,21-23,26-28,31H,3-11,14-15,18-20,36H2,1-2H3,(H,37,39)/t22-,23-,27-,28+,31-/m0/s1. The van der Waals surface area contributed by atoms with Crippen molar-refractivity contribution >= 4 is 34.4 Å². The van der Waals surface area contributed by atoms with Crippen molar-refractivity contribution in [2.24, 2.45) is 29.4 Å². The van der Waals surface area contributed by atoms with Crippen molar-refractivity contribution < 1.29 is 37.4 Å². The van der Waals surface area contributed by atoms with Crippen LogP contribution in [0.25, 0.3) is 11.0 Å². The highest BCUT2D eigenvalue weighted by Gasteiger charge is 2.47. The van der Waals surface area contributed by atoms with Crippen LogP contribution in [0.3, 0.4) is 0 Å². The van der Waals surface area contributed by atoms with Crippen LogP contribution in [-0.4, -0.2) is 81.5 Å². The molecule has 248 valence electrons. The van der Waals surface area contributed by atoms with Gasteiger partial charge in [0.05, 0.1) is 13.2 Å². The number of likely N-dealkylation sites (tertiary alicyclic amines) is 1. The number of ether oxygens (including phenoxy) is 3. The Balaban J connectivity index is 1.30. The quantitative estimate of drug-likeness (QED) is 0.310. The molecule has 2 saturated carbocycles. The van der Waals surface area contributed by atoms with Crippen LogP contribution in [0.1, 0.15) is 74.8 Å². The van der Waals surface area contributed by atoms with Gasteiger partial charge in [-0.3, -0.25) is 9.59 Å². The summed E-state index contributed by atoms with van der Waals surface area (Å²) in [5.74, 6) is -0.286. The first-order chi connectivity index (χ1) is 21.8. The zero-order valence-electron chi connectivity index (χ0n) is 26.5. The Bertz CT molecular complexity index is 1300. The van der Waals surface area contributed by atoms with Gasteiger partial charge in [-0.25, -0.2) is 9.18 Å². The average Bonchev–Trinajstić information content (AvgIpc) is 3.70. The zero-order chi connectivity index (χ0) is 31.9. The van der Waals surface area contributed by atoms with Gasteiger partial charge >= 0.3 is 5.97 Å². The second kappa shape index (κ2) is 15.5. The smallest absolute Gasteiger partial charge is 0.374 e. The number of fused-ring (bicyclic) bond motifs is 1. The van der Waals surface area contributed by atoms with Gasteiger partial charge in [0.25, 0.3) is 0 Å². The first-order valence-electron chi connectivity index (χ1n) is 16.5. The number of benzene rings is 1. The molecule has 2 heterocycles. The van der Waals surface area contributed by atoms with Crippen molar-refractivity contribution in [2.75, 3.05) is 46.0 Å². The molecule has 3 fully saturated rings. The number of hydrogen-bond acceptors (Lipinski definition) is 8. The summed E-state index contributed by atoms with van der Waals surface area (Å²) in [5, 5.41) is 3.72. The lowest BCUT2D eigenvalue weighted by Crippen LogP contribution is -2.50. The molecule has 0 radical (unpaired) electrons. The third-order valence-electron chi connectivity index (χ3n) is 10.1. The van der Waals surface area contributed by atoms with Crippen LogP contribution >= 0.6 is 0 Å². The highest BCUT2D eigenvalue weighted by Crippen LogP contribution is 2.41. The maximum absolute atomic E-state index is 14.1. The van der Waals surface area contributed by atoms with E-state index in [1.54, 1.807) is 24.3 Å². The SMILES string of the molecule is COCC(COC)OC(=O)c1cc2cc(NC(=O)[C@@H]3[C@H](C4CCCCC4)CCN3C(=O)[C@H]3CC[C@H]([C@H](N)CF)CC3)ccc2o1. The molecule has 3 aliphatic rings. The third kappa shape index (κ3) is 7.86. The Morgan fingerprint density at radius 2 is 1.71 bits per heavy atom. The fraction of sp³-hybridized carbons (Fsp3) is 0.676. The number of rotatable bonds is 12. The molecule has 11 heteroatoms. The summed E-state index contributed by atoms with van der Waals surface area (Å²) in [4.78, 5) is 42.5. The molecule has 1 aromatic carbocycles. The molecule has 2 aliphatic carbocycles. The van der Waals surface area contributed by atoms with E-state index < -0.39 is 30.8 Å². The number of amides is 2. The number of esters is 1. The number of nitrogens with one attached hydrogen (secondary N) is 1. The van der Waals surface area contributed by atoms with Gasteiger partial charge in [-0.05, 0) is 74.1 Å². The summed E-state index contributed by atoms with van der Waals surface area (Å²) in [6, 6.07) is 5.78. The monoisotopic (exact) mass is 629 g/mol. The summed E-state index contributed by atoms with van der Waals surface area (Å²) in [6.45, 7) is 0.404. The van der Waals surface area contributed by atoms with Crippen LogP contribution in [0.5, 0.6) is 0 Å². The highest BCUT2D eigenvalue weighted by atomic mass is 19.1. The van der Waals surface area contributed by atoms with Crippen LogP contribution in [-0.2, 0) is 23.8 Å². The number of nitrogens with two attached hydrogens (primary N) is 1. The second-order valence-electron chi connectivity index (χ2n) is 13.0. The van der Waals surface area contributed by atoms with E-state index in [1.807, 2.05) is 4.90 Å². The second-order valence-corrected chi connectivity index (χ2v) is 13.0. The van der Waals surface area contributed by atoms with Crippen LogP contribution in [0.2, 0.25) is 0 Å². The van der Waals surface area contributed by atoms with Gasteiger partial charge in [-0.15, -0.1) is 0 Å². The van der Waals surface area contributed by atoms with Gasteiger partial charge < -0.3 is 34.6 Å². The number of furan rings is 1. The molecule has 3 atom stereocenters. The Morgan fingerprint density at radius 3 is 2.38 bits per heavy atom. The van der Waals surface area contributed by atoms with Gasteiger partial charge in [-0.1, -0.05) is 32.1 Å². The van der Waals surface area contributed by atoms with Crippen LogP contribution in [0.4, 0.5) is 10.1 Å². The summed E-state index contributed by atoms with van der Waals surface area (Å²) in [6.07, 6.45) is 8.75. The van der Waals surface area contributed by atoms with Crippen molar-refractivity contribution in [1.29, 1.82) is 0 Å². The number of halogens is 1. The third-order valence-corrected chi connectivity index (χ3v) is 10.1. The first-order valence-corrected chi connectivity index (χ1v) is 16.5. The molecule has 0 spiro atoms. The van der Waals surface area contributed by atoms with Crippen molar-refractivity contribution in [3.8, 4) is 0 Å². The number of hydrogen-bond donors (Lipinski definition) is 2. The van der Waals surface area contributed by atoms with Crippen molar-refractivity contribution in [2.45, 2.75) is 82.4 Å². The molecule has 1 aromatic heterocycles. The topological polar surface area (TPSA) is 133 Å². The molecule has 1 saturated heterocycles. The lowest BCUT2D eigenvalue weighted by Gasteiger charge is -2.36. The molecular formula is C34H48FN3O7. The predicted molar refractivity (Wildman–Crippen MR) is 167 cm³/mol. The van der Waals surface area contributed by atoms with Gasteiger partial charge in [0.1, 0.15) is 24.4 Å². The van der Waals surface area contributed by atoms with Gasteiger partial charge in [0.15, 0.2) is 0 Å². The molecule has 0 bridgehead atoms. The first kappa shape index (κ1) is 33.3. The van der Waals surface area contributed by atoms with E-state index in [9.17, 15) is 18.8 Å². The molecule has 2 aromatic rings. The van der Waals surface area contributed by atoms with Crippen LogP contribution in [0, 0.1) is 23.7 Å². The van der Waals surface area contributed by atoms with E-state index in [0.29, 0.717) is 42.0 Å². The Labute approximate surface area is 264 Å². The number of carbonyl (C=O) groups is 3. The minimum absolute atomic E-state index is 0.0365. The van der Waals surface area contributed by atoms with E-state index in [-0.39, 0.29) is 48.5 Å². The molecular weight excluding hydrogens is 581 g/mol. The van der Waals surface area contributed by atoms with E-state index in [0.717, 1.165) is 44.9 Å². The van der Waals surface area contributed by atoms with Crippen molar-refractivity contribution in [3.63, 3.8) is 0 Å². The molecule has 10 nitrogen and oxygen atoms in total. The summed E-state index contributed by atoms with van der Waals surface area (Å²) < 4.78 is 34.6. The van der Waals surface area contributed by atoms with E-state index in [1.165, 1.54) is 20.6 Å². The minimum atomic E-state index is -0.632. The lowest BCUT2D eigenvalue weighted by atomic mass is 9.76. The fourth-order valence-corrected chi connectivity index (χ4v) is 7.75. The average molecular weight is 630 g/mol. The van der Waals surface area contributed by atoms with Crippen LogP contribution in [0.15, 0.2) is 28.7 Å². The molecule has 2 amide bonds. The number of carbonyl (C=O) groups excluding carboxylic acids is 3.